The molecule has 0 unspecified atom stereocenters. The van der Waals surface area contributed by atoms with Crippen molar-refractivity contribution in [2.75, 3.05) is 11.9 Å². The molecule has 1 saturated heterocycles. The Morgan fingerprint density at radius 2 is 2.00 bits per heavy atom. The van der Waals surface area contributed by atoms with Crippen LogP contribution in [0, 0.1) is 5.92 Å². The molecule has 1 aromatic rings. The minimum atomic E-state index is -1.10. The van der Waals surface area contributed by atoms with Gasteiger partial charge >= 0.3 is 12.0 Å². The Balaban J connectivity index is 1.57. The molecule has 1 saturated carbocycles. The molecule has 9 heteroatoms. The molecule has 2 aliphatic rings. The molecular formula is C20H24ClN3O5. The lowest BCUT2D eigenvalue weighted by atomic mass is 9.73. The Labute approximate surface area is 173 Å². The van der Waals surface area contributed by atoms with Crippen molar-refractivity contribution in [3.63, 3.8) is 0 Å². The summed E-state index contributed by atoms with van der Waals surface area (Å²) in [6, 6.07) is 5.87. The molecule has 0 bridgehead atoms. The monoisotopic (exact) mass is 421 g/mol. The lowest BCUT2D eigenvalue weighted by Gasteiger charge is -2.36. The summed E-state index contributed by atoms with van der Waals surface area (Å²) in [6.07, 6.45) is 2.16. The van der Waals surface area contributed by atoms with E-state index in [1.165, 1.54) is 6.92 Å². The molecule has 0 aromatic heterocycles. The summed E-state index contributed by atoms with van der Waals surface area (Å²) in [7, 11) is 0. The normalized spacial score (nSPS) is 24.9. The van der Waals surface area contributed by atoms with Gasteiger partial charge in [-0.3, -0.25) is 19.3 Å². The summed E-state index contributed by atoms with van der Waals surface area (Å²) < 4.78 is 5.12. The molecule has 1 spiro atoms. The van der Waals surface area contributed by atoms with Gasteiger partial charge in [-0.25, -0.2) is 4.79 Å². The van der Waals surface area contributed by atoms with E-state index in [1.807, 2.05) is 6.92 Å². The lowest BCUT2D eigenvalue weighted by Crippen LogP contribution is -2.54. The summed E-state index contributed by atoms with van der Waals surface area (Å²) in [6.45, 7) is 2.82. The van der Waals surface area contributed by atoms with E-state index < -0.39 is 42.0 Å². The van der Waals surface area contributed by atoms with E-state index in [1.54, 1.807) is 24.3 Å². The number of imide groups is 1. The standard InChI is InChI=1S/C20H24ClN3O5/c1-12-5-3-4-10-20(12)18(27)24(19(28)23-20)11-16(25)29-13(2)17(26)22-15-8-6-14(21)7-9-15/h6-9,12-13H,3-5,10-11H2,1-2H3,(H,22,26)(H,23,28)/t12-,13+,20-/m1/s1. The van der Waals surface area contributed by atoms with Gasteiger partial charge in [-0.05, 0) is 49.9 Å². The van der Waals surface area contributed by atoms with Crippen LogP contribution in [-0.2, 0) is 19.1 Å². The fourth-order valence-electron chi connectivity index (χ4n) is 3.83. The highest BCUT2D eigenvalue weighted by molar-refractivity contribution is 6.30. The second kappa shape index (κ2) is 8.41. The fourth-order valence-corrected chi connectivity index (χ4v) is 3.96. The molecule has 156 valence electrons. The highest BCUT2D eigenvalue weighted by Gasteiger charge is 2.55. The van der Waals surface area contributed by atoms with Crippen LogP contribution in [0.25, 0.3) is 0 Å². The van der Waals surface area contributed by atoms with Gasteiger partial charge in [0.05, 0.1) is 0 Å². The number of carbonyl (C=O) groups excluding carboxylic acids is 4. The predicted molar refractivity (Wildman–Crippen MR) is 106 cm³/mol. The van der Waals surface area contributed by atoms with Gasteiger partial charge in [-0.1, -0.05) is 31.4 Å². The highest BCUT2D eigenvalue weighted by atomic mass is 35.5. The number of anilines is 1. The number of carbonyl (C=O) groups is 4. The molecule has 29 heavy (non-hydrogen) atoms. The molecule has 8 nitrogen and oxygen atoms in total. The number of hydrogen-bond acceptors (Lipinski definition) is 5. The van der Waals surface area contributed by atoms with Gasteiger partial charge in [-0.15, -0.1) is 0 Å². The molecule has 1 aliphatic carbocycles. The van der Waals surface area contributed by atoms with Gasteiger partial charge in [0.15, 0.2) is 6.10 Å². The maximum atomic E-state index is 12.9. The zero-order chi connectivity index (χ0) is 21.2. The SMILES string of the molecule is C[C@H](OC(=O)CN1C(=O)N[C@@]2(CCCC[C@H]2C)C1=O)C(=O)Nc1ccc(Cl)cc1. The molecule has 3 atom stereocenters. The van der Waals surface area contributed by atoms with Crippen LogP contribution in [0.4, 0.5) is 10.5 Å². The van der Waals surface area contributed by atoms with E-state index in [4.69, 9.17) is 16.3 Å². The number of ether oxygens (including phenoxy) is 1. The largest absolute Gasteiger partial charge is 0.451 e. The molecule has 4 amide bonds. The van der Waals surface area contributed by atoms with Crippen LogP contribution in [0.1, 0.15) is 39.5 Å². The van der Waals surface area contributed by atoms with E-state index in [2.05, 4.69) is 10.6 Å². The number of hydrogen-bond donors (Lipinski definition) is 2. The van der Waals surface area contributed by atoms with Crippen molar-refractivity contribution in [1.82, 2.24) is 10.2 Å². The van der Waals surface area contributed by atoms with Crippen molar-refractivity contribution in [3.05, 3.63) is 29.3 Å². The van der Waals surface area contributed by atoms with Gasteiger partial charge in [0.1, 0.15) is 12.1 Å². The number of esters is 1. The van der Waals surface area contributed by atoms with Crippen LogP contribution >= 0.6 is 11.6 Å². The Bertz CT molecular complexity index is 828. The molecule has 1 heterocycles. The third kappa shape index (κ3) is 4.37. The van der Waals surface area contributed by atoms with Crippen LogP contribution in [0.15, 0.2) is 24.3 Å². The molecule has 2 N–H and O–H groups in total. The summed E-state index contributed by atoms with van der Waals surface area (Å²) in [5.41, 5.74) is -0.433. The van der Waals surface area contributed by atoms with Crippen molar-refractivity contribution in [2.24, 2.45) is 5.92 Å². The number of benzene rings is 1. The number of urea groups is 1. The number of rotatable bonds is 5. The van der Waals surface area contributed by atoms with Crippen LogP contribution in [0.2, 0.25) is 5.02 Å². The Hall–Kier alpha value is -2.61. The Morgan fingerprint density at radius 3 is 2.66 bits per heavy atom. The summed E-state index contributed by atoms with van der Waals surface area (Å²) in [5.74, 6) is -1.76. The van der Waals surface area contributed by atoms with Crippen LogP contribution in [0.3, 0.4) is 0 Å². The predicted octanol–water partition coefficient (Wildman–Crippen LogP) is 2.71. The van der Waals surface area contributed by atoms with E-state index in [0.717, 1.165) is 24.2 Å². The molecule has 3 rings (SSSR count). The van der Waals surface area contributed by atoms with Gasteiger partial charge in [0.25, 0.3) is 11.8 Å². The van der Waals surface area contributed by atoms with Crippen LogP contribution in [0.5, 0.6) is 0 Å². The van der Waals surface area contributed by atoms with Gasteiger partial charge in [0.2, 0.25) is 0 Å². The van der Waals surface area contributed by atoms with Gasteiger partial charge < -0.3 is 15.4 Å². The molecule has 2 fully saturated rings. The van der Waals surface area contributed by atoms with Crippen LogP contribution in [-0.4, -0.2) is 46.9 Å². The number of halogens is 1. The average molecular weight is 422 g/mol. The third-order valence-corrected chi connectivity index (χ3v) is 5.83. The molecular weight excluding hydrogens is 398 g/mol. The van der Waals surface area contributed by atoms with Gasteiger partial charge in [0, 0.05) is 10.7 Å². The minimum Gasteiger partial charge on any atom is -0.451 e. The molecule has 1 aromatic carbocycles. The van der Waals surface area contributed by atoms with E-state index >= 15 is 0 Å². The number of nitrogens with one attached hydrogen (secondary N) is 2. The van der Waals surface area contributed by atoms with Crippen molar-refractivity contribution in [1.29, 1.82) is 0 Å². The van der Waals surface area contributed by atoms with Crippen molar-refractivity contribution in [3.8, 4) is 0 Å². The highest BCUT2D eigenvalue weighted by Crippen LogP contribution is 2.38. The molecule has 0 radical (unpaired) electrons. The van der Waals surface area contributed by atoms with Gasteiger partial charge in [-0.2, -0.15) is 0 Å². The number of amides is 4. The summed E-state index contributed by atoms with van der Waals surface area (Å²) >= 11 is 5.80. The molecule has 1 aliphatic heterocycles. The first kappa shape index (κ1) is 21.1. The van der Waals surface area contributed by atoms with Crippen molar-refractivity contribution in [2.45, 2.75) is 51.2 Å². The van der Waals surface area contributed by atoms with Crippen molar-refractivity contribution < 1.29 is 23.9 Å². The Morgan fingerprint density at radius 1 is 1.31 bits per heavy atom. The smallest absolute Gasteiger partial charge is 0.327 e. The minimum absolute atomic E-state index is 0.00204. The Kier molecular flexibility index (Phi) is 6.12. The van der Waals surface area contributed by atoms with Crippen molar-refractivity contribution >= 4 is 41.1 Å². The maximum absolute atomic E-state index is 12.9. The quantitative estimate of drug-likeness (QED) is 0.561. The second-order valence-corrected chi connectivity index (χ2v) is 8.00. The third-order valence-electron chi connectivity index (χ3n) is 5.58. The second-order valence-electron chi connectivity index (χ2n) is 7.57. The topological polar surface area (TPSA) is 105 Å². The van der Waals surface area contributed by atoms with E-state index in [9.17, 15) is 19.2 Å². The fraction of sp³-hybridized carbons (Fsp3) is 0.500. The summed E-state index contributed by atoms with van der Waals surface area (Å²) in [5, 5.41) is 5.91. The first-order valence-electron chi connectivity index (χ1n) is 9.63. The summed E-state index contributed by atoms with van der Waals surface area (Å²) in [4.78, 5) is 50.5. The average Bonchev–Trinajstić information content (AvgIpc) is 2.91. The first-order chi connectivity index (χ1) is 13.7. The number of nitrogens with zero attached hydrogens (tertiary/aromatic N) is 1. The lowest BCUT2D eigenvalue weighted by molar-refractivity contribution is -0.155. The van der Waals surface area contributed by atoms with Crippen LogP contribution < -0.4 is 10.6 Å². The zero-order valence-electron chi connectivity index (χ0n) is 16.4. The van der Waals surface area contributed by atoms with E-state index in [-0.39, 0.29) is 5.92 Å². The first-order valence-corrected chi connectivity index (χ1v) is 10.0. The maximum Gasteiger partial charge on any atom is 0.327 e. The zero-order valence-corrected chi connectivity index (χ0v) is 17.1. The van der Waals surface area contributed by atoms with E-state index in [0.29, 0.717) is 17.1 Å².